The summed E-state index contributed by atoms with van der Waals surface area (Å²) in [5.41, 5.74) is 3.04. The van der Waals surface area contributed by atoms with Crippen LogP contribution in [0, 0.1) is 5.92 Å². The first-order valence-electron chi connectivity index (χ1n) is 8.03. The van der Waals surface area contributed by atoms with E-state index in [4.69, 9.17) is 9.15 Å². The Morgan fingerprint density at radius 1 is 1.22 bits per heavy atom. The van der Waals surface area contributed by atoms with Gasteiger partial charge in [-0.2, -0.15) is 0 Å². The molecule has 0 saturated carbocycles. The monoisotopic (exact) mass is 315 g/mol. The number of benzene rings is 1. The number of esters is 1. The van der Waals surface area contributed by atoms with Crippen LogP contribution in [0.1, 0.15) is 54.1 Å². The van der Waals surface area contributed by atoms with E-state index in [2.05, 4.69) is 50.4 Å². The summed E-state index contributed by atoms with van der Waals surface area (Å²) < 4.78 is 10.2. The average molecular weight is 315 g/mol. The molecule has 2 rings (SSSR count). The van der Waals surface area contributed by atoms with Crippen molar-refractivity contribution in [3.05, 3.63) is 59.0 Å². The molecule has 2 aromatic rings. The van der Waals surface area contributed by atoms with Crippen LogP contribution in [-0.4, -0.2) is 13.1 Å². The number of carbonyl (C=O) groups is 1. The number of rotatable bonds is 7. The van der Waals surface area contributed by atoms with Crippen LogP contribution in [0.2, 0.25) is 0 Å². The van der Waals surface area contributed by atoms with Gasteiger partial charge in [-0.25, -0.2) is 4.79 Å². The molecule has 1 aromatic heterocycles. The van der Waals surface area contributed by atoms with E-state index >= 15 is 0 Å². The third kappa shape index (κ3) is 4.23. The van der Waals surface area contributed by atoms with Gasteiger partial charge in [0.15, 0.2) is 0 Å². The predicted molar refractivity (Wildman–Crippen MR) is 90.3 cm³/mol. The summed E-state index contributed by atoms with van der Waals surface area (Å²) in [7, 11) is 1.37. The van der Waals surface area contributed by atoms with Gasteiger partial charge in [0.25, 0.3) is 0 Å². The zero-order chi connectivity index (χ0) is 16.8. The highest BCUT2D eigenvalue weighted by atomic mass is 16.5. The van der Waals surface area contributed by atoms with Gasteiger partial charge in [-0.1, -0.05) is 45.0 Å². The lowest BCUT2D eigenvalue weighted by Gasteiger charge is -2.23. The second-order valence-corrected chi connectivity index (χ2v) is 5.95. The van der Waals surface area contributed by atoms with Gasteiger partial charge in [0, 0.05) is 6.04 Å². The Bertz CT molecular complexity index is 628. The molecule has 0 amide bonds. The minimum atomic E-state index is -0.371. The summed E-state index contributed by atoms with van der Waals surface area (Å²) >= 11 is 0. The summed E-state index contributed by atoms with van der Waals surface area (Å²) in [6.45, 7) is 6.98. The lowest BCUT2D eigenvalue weighted by molar-refractivity contribution is 0.0598. The maximum absolute atomic E-state index is 11.7. The number of methoxy groups -OCH3 is 1. The van der Waals surface area contributed by atoms with Crippen LogP contribution in [-0.2, 0) is 17.7 Å². The van der Waals surface area contributed by atoms with Crippen LogP contribution < -0.4 is 5.32 Å². The molecule has 0 bridgehead atoms. The SMILES string of the molecule is CCc1ccc(C(NCc2occc2C(=O)OC)C(C)C)cc1. The molecule has 23 heavy (non-hydrogen) atoms. The highest BCUT2D eigenvalue weighted by Crippen LogP contribution is 2.23. The number of furan rings is 1. The average Bonchev–Trinajstić information content (AvgIpc) is 3.03. The number of ether oxygens (including phenoxy) is 1. The van der Waals surface area contributed by atoms with Crippen LogP contribution in [0.25, 0.3) is 0 Å². The number of hydrogen-bond acceptors (Lipinski definition) is 4. The van der Waals surface area contributed by atoms with E-state index in [1.165, 1.54) is 24.5 Å². The van der Waals surface area contributed by atoms with Crippen molar-refractivity contribution in [1.29, 1.82) is 0 Å². The maximum atomic E-state index is 11.7. The van der Waals surface area contributed by atoms with Crippen molar-refractivity contribution in [1.82, 2.24) is 5.32 Å². The Balaban J connectivity index is 2.11. The minimum absolute atomic E-state index is 0.191. The maximum Gasteiger partial charge on any atom is 0.341 e. The first-order valence-corrected chi connectivity index (χ1v) is 8.03. The fourth-order valence-corrected chi connectivity index (χ4v) is 2.67. The summed E-state index contributed by atoms with van der Waals surface area (Å²) in [5, 5.41) is 3.49. The molecule has 0 fully saturated rings. The lowest BCUT2D eigenvalue weighted by atomic mass is 9.95. The molecular weight excluding hydrogens is 290 g/mol. The molecule has 124 valence electrons. The van der Waals surface area contributed by atoms with Gasteiger partial charge in [-0.05, 0) is 29.5 Å². The zero-order valence-electron chi connectivity index (χ0n) is 14.3. The summed E-state index contributed by atoms with van der Waals surface area (Å²) in [6.07, 6.45) is 2.55. The molecular formula is C19H25NO3. The first-order chi connectivity index (χ1) is 11.1. The smallest absolute Gasteiger partial charge is 0.341 e. The normalized spacial score (nSPS) is 12.4. The Kier molecular flexibility index (Phi) is 5.99. The van der Waals surface area contributed by atoms with Gasteiger partial charge >= 0.3 is 5.97 Å². The molecule has 0 saturated heterocycles. The second-order valence-electron chi connectivity index (χ2n) is 5.95. The molecule has 0 aliphatic carbocycles. The summed E-state index contributed by atoms with van der Waals surface area (Å²) in [6, 6.07) is 10.5. The van der Waals surface area contributed by atoms with E-state index in [-0.39, 0.29) is 12.0 Å². The van der Waals surface area contributed by atoms with E-state index in [1.807, 2.05) is 0 Å². The fraction of sp³-hybridized carbons (Fsp3) is 0.421. The van der Waals surface area contributed by atoms with Crippen molar-refractivity contribution in [2.24, 2.45) is 5.92 Å². The number of aryl methyl sites for hydroxylation is 1. The number of hydrogen-bond donors (Lipinski definition) is 1. The van der Waals surface area contributed by atoms with E-state index in [9.17, 15) is 4.79 Å². The number of nitrogens with one attached hydrogen (secondary N) is 1. The van der Waals surface area contributed by atoms with Gasteiger partial charge in [-0.15, -0.1) is 0 Å². The molecule has 0 aliphatic rings. The first kappa shape index (κ1) is 17.3. The Morgan fingerprint density at radius 3 is 2.48 bits per heavy atom. The van der Waals surface area contributed by atoms with Crippen molar-refractivity contribution >= 4 is 5.97 Å². The van der Waals surface area contributed by atoms with Crippen LogP contribution in [0.5, 0.6) is 0 Å². The van der Waals surface area contributed by atoms with E-state index in [0.717, 1.165) is 6.42 Å². The Labute approximate surface area is 137 Å². The van der Waals surface area contributed by atoms with E-state index in [1.54, 1.807) is 6.07 Å². The van der Waals surface area contributed by atoms with E-state index < -0.39 is 0 Å². The van der Waals surface area contributed by atoms with Gasteiger partial charge in [-0.3, -0.25) is 0 Å². The van der Waals surface area contributed by atoms with Crippen molar-refractivity contribution in [3.63, 3.8) is 0 Å². The molecule has 1 heterocycles. The Hall–Kier alpha value is -2.07. The summed E-state index contributed by atoms with van der Waals surface area (Å²) in [4.78, 5) is 11.7. The number of carbonyl (C=O) groups excluding carboxylic acids is 1. The van der Waals surface area contributed by atoms with Crippen molar-refractivity contribution in [3.8, 4) is 0 Å². The zero-order valence-corrected chi connectivity index (χ0v) is 14.3. The van der Waals surface area contributed by atoms with Crippen molar-refractivity contribution in [2.75, 3.05) is 7.11 Å². The molecule has 0 aliphatic heterocycles. The third-order valence-electron chi connectivity index (χ3n) is 4.05. The van der Waals surface area contributed by atoms with Gasteiger partial charge in [0.05, 0.1) is 19.9 Å². The molecule has 0 spiro atoms. The predicted octanol–water partition coefficient (Wildman–Crippen LogP) is 4.12. The van der Waals surface area contributed by atoms with Crippen LogP contribution in [0.4, 0.5) is 0 Å². The molecule has 4 nitrogen and oxygen atoms in total. The van der Waals surface area contributed by atoms with Gasteiger partial charge < -0.3 is 14.5 Å². The minimum Gasteiger partial charge on any atom is -0.467 e. The molecule has 0 radical (unpaired) electrons. The van der Waals surface area contributed by atoms with Crippen LogP contribution >= 0.6 is 0 Å². The quantitative estimate of drug-likeness (QED) is 0.781. The van der Waals surface area contributed by atoms with Crippen LogP contribution in [0.3, 0.4) is 0 Å². The lowest BCUT2D eigenvalue weighted by Crippen LogP contribution is -2.26. The van der Waals surface area contributed by atoms with E-state index in [0.29, 0.717) is 23.8 Å². The van der Waals surface area contributed by atoms with Gasteiger partial charge in [0.1, 0.15) is 11.3 Å². The second kappa shape index (κ2) is 7.97. The molecule has 1 N–H and O–H groups in total. The highest BCUT2D eigenvalue weighted by Gasteiger charge is 2.19. The van der Waals surface area contributed by atoms with Gasteiger partial charge in [0.2, 0.25) is 0 Å². The molecule has 1 atom stereocenters. The molecule has 1 unspecified atom stereocenters. The fourth-order valence-electron chi connectivity index (χ4n) is 2.67. The summed E-state index contributed by atoms with van der Waals surface area (Å²) in [5.74, 6) is 0.649. The topological polar surface area (TPSA) is 51.5 Å². The molecule has 1 aromatic carbocycles. The van der Waals surface area contributed by atoms with Crippen molar-refractivity contribution < 1.29 is 13.9 Å². The Morgan fingerprint density at radius 2 is 1.91 bits per heavy atom. The highest BCUT2D eigenvalue weighted by molar-refractivity contribution is 5.90. The molecule has 4 heteroatoms. The van der Waals surface area contributed by atoms with Crippen LogP contribution in [0.15, 0.2) is 41.0 Å². The third-order valence-corrected chi connectivity index (χ3v) is 4.05. The largest absolute Gasteiger partial charge is 0.467 e. The van der Waals surface area contributed by atoms with Crippen molar-refractivity contribution in [2.45, 2.75) is 39.8 Å². The standard InChI is InChI=1S/C19H25NO3/c1-5-14-6-8-15(9-7-14)18(13(2)3)20-12-17-16(10-11-23-17)19(21)22-4/h6-11,13,18,20H,5,12H2,1-4H3.